The molecule has 0 aromatic carbocycles. The van der Waals surface area contributed by atoms with Crippen LogP contribution in [0.25, 0.3) is 0 Å². The van der Waals surface area contributed by atoms with Crippen LogP contribution in [-0.4, -0.2) is 29.7 Å². The number of unbranched alkanes of at least 4 members (excludes halogenated alkanes) is 1. The molecule has 1 aliphatic rings. The van der Waals surface area contributed by atoms with Gasteiger partial charge in [0.2, 0.25) is 5.88 Å². The maximum atomic E-state index is 13.1. The van der Waals surface area contributed by atoms with E-state index in [0.29, 0.717) is 25.0 Å². The van der Waals surface area contributed by atoms with Crippen molar-refractivity contribution in [2.45, 2.75) is 78.2 Å². The van der Waals surface area contributed by atoms with Gasteiger partial charge in [0.1, 0.15) is 5.60 Å². The standard InChI is InChI=1S/C21H34N2O3/c1-5-7-14-25-19-11-10-18(17(4)22-19)23-20(24)21(26-13-6-2)12-8-9-16(3)15-21/h10-11,16H,5-9,12-15H2,1-4H3,(H,23,24)/t16-,21-/m0/s1. The van der Waals surface area contributed by atoms with E-state index < -0.39 is 5.60 Å². The monoisotopic (exact) mass is 362 g/mol. The summed E-state index contributed by atoms with van der Waals surface area (Å²) < 4.78 is 11.7. The molecule has 1 N–H and O–H groups in total. The van der Waals surface area contributed by atoms with E-state index >= 15 is 0 Å². The number of pyridine rings is 1. The minimum atomic E-state index is -0.712. The van der Waals surface area contributed by atoms with Crippen LogP contribution in [0.1, 0.15) is 71.4 Å². The molecule has 2 rings (SSSR count). The molecule has 0 radical (unpaired) electrons. The Morgan fingerprint density at radius 2 is 2.12 bits per heavy atom. The van der Waals surface area contributed by atoms with Gasteiger partial charge in [0.25, 0.3) is 5.91 Å². The van der Waals surface area contributed by atoms with Crippen LogP contribution < -0.4 is 10.1 Å². The Morgan fingerprint density at radius 1 is 1.31 bits per heavy atom. The average Bonchev–Trinajstić information content (AvgIpc) is 2.62. The maximum absolute atomic E-state index is 13.1. The summed E-state index contributed by atoms with van der Waals surface area (Å²) >= 11 is 0. The van der Waals surface area contributed by atoms with Gasteiger partial charge in [0, 0.05) is 12.7 Å². The number of ether oxygens (including phenoxy) is 2. The lowest BCUT2D eigenvalue weighted by Crippen LogP contribution is -2.49. The summed E-state index contributed by atoms with van der Waals surface area (Å²) in [4.78, 5) is 17.6. The van der Waals surface area contributed by atoms with Gasteiger partial charge >= 0.3 is 0 Å². The van der Waals surface area contributed by atoms with E-state index in [2.05, 4.69) is 31.1 Å². The van der Waals surface area contributed by atoms with Crippen molar-refractivity contribution >= 4 is 11.6 Å². The summed E-state index contributed by atoms with van der Waals surface area (Å²) in [6, 6.07) is 3.70. The summed E-state index contributed by atoms with van der Waals surface area (Å²) in [6.07, 6.45) is 6.76. The fourth-order valence-electron chi connectivity index (χ4n) is 3.51. The third-order valence-electron chi connectivity index (χ3n) is 5.01. The largest absolute Gasteiger partial charge is 0.478 e. The fraction of sp³-hybridized carbons (Fsp3) is 0.714. The molecular weight excluding hydrogens is 328 g/mol. The van der Waals surface area contributed by atoms with Crippen LogP contribution in [-0.2, 0) is 9.53 Å². The fourth-order valence-corrected chi connectivity index (χ4v) is 3.51. The molecule has 2 atom stereocenters. The lowest BCUT2D eigenvalue weighted by molar-refractivity contribution is -0.148. The van der Waals surface area contributed by atoms with E-state index in [-0.39, 0.29) is 5.91 Å². The zero-order valence-electron chi connectivity index (χ0n) is 16.8. The lowest BCUT2D eigenvalue weighted by atomic mass is 9.78. The van der Waals surface area contributed by atoms with E-state index in [1.165, 1.54) is 0 Å². The van der Waals surface area contributed by atoms with Crippen LogP contribution in [0, 0.1) is 12.8 Å². The van der Waals surface area contributed by atoms with E-state index in [4.69, 9.17) is 9.47 Å². The second-order valence-electron chi connectivity index (χ2n) is 7.48. The summed E-state index contributed by atoms with van der Waals surface area (Å²) in [7, 11) is 0. The zero-order chi connectivity index (χ0) is 19.0. The lowest BCUT2D eigenvalue weighted by Gasteiger charge is -2.38. The Kier molecular flexibility index (Phi) is 7.88. The number of amides is 1. The Balaban J connectivity index is 2.08. The van der Waals surface area contributed by atoms with Crippen LogP contribution in [0.2, 0.25) is 0 Å². The molecule has 0 unspecified atom stereocenters. The molecule has 1 aromatic heterocycles. The number of aryl methyl sites for hydroxylation is 1. The first kappa shape index (κ1) is 20.7. The van der Waals surface area contributed by atoms with Crippen LogP contribution in [0.5, 0.6) is 5.88 Å². The molecule has 0 saturated heterocycles. The molecule has 146 valence electrons. The Bertz CT molecular complexity index is 591. The van der Waals surface area contributed by atoms with E-state index in [0.717, 1.165) is 56.3 Å². The van der Waals surface area contributed by atoms with E-state index in [1.807, 2.05) is 19.1 Å². The second-order valence-corrected chi connectivity index (χ2v) is 7.48. The van der Waals surface area contributed by atoms with Crippen molar-refractivity contribution in [3.8, 4) is 5.88 Å². The Labute approximate surface area is 157 Å². The molecule has 5 heteroatoms. The van der Waals surface area contributed by atoms with Gasteiger partial charge in [0.05, 0.1) is 18.0 Å². The number of anilines is 1. The molecule has 1 aliphatic carbocycles. The number of nitrogens with one attached hydrogen (secondary N) is 1. The van der Waals surface area contributed by atoms with Gasteiger partial charge < -0.3 is 14.8 Å². The molecule has 0 bridgehead atoms. The smallest absolute Gasteiger partial charge is 0.256 e. The molecule has 1 saturated carbocycles. The quantitative estimate of drug-likeness (QED) is 0.636. The summed E-state index contributed by atoms with van der Waals surface area (Å²) in [5, 5.41) is 3.06. The molecule has 26 heavy (non-hydrogen) atoms. The molecule has 1 amide bonds. The molecule has 5 nitrogen and oxygen atoms in total. The van der Waals surface area contributed by atoms with Crippen LogP contribution in [0.3, 0.4) is 0 Å². The minimum absolute atomic E-state index is 0.0398. The number of hydrogen-bond acceptors (Lipinski definition) is 4. The van der Waals surface area contributed by atoms with Crippen molar-refractivity contribution in [1.29, 1.82) is 0 Å². The molecule has 0 spiro atoms. The van der Waals surface area contributed by atoms with Crippen LogP contribution in [0.4, 0.5) is 5.69 Å². The number of hydrogen-bond donors (Lipinski definition) is 1. The van der Waals surface area contributed by atoms with Crippen molar-refractivity contribution in [2.75, 3.05) is 18.5 Å². The molecule has 1 fully saturated rings. The van der Waals surface area contributed by atoms with Gasteiger partial charge in [-0.3, -0.25) is 4.79 Å². The van der Waals surface area contributed by atoms with Gasteiger partial charge in [-0.25, -0.2) is 4.98 Å². The highest BCUT2D eigenvalue weighted by Crippen LogP contribution is 2.36. The predicted molar refractivity (Wildman–Crippen MR) is 105 cm³/mol. The first-order valence-corrected chi connectivity index (χ1v) is 10.1. The van der Waals surface area contributed by atoms with Gasteiger partial charge in [-0.1, -0.05) is 33.6 Å². The van der Waals surface area contributed by atoms with Gasteiger partial charge in [0.15, 0.2) is 0 Å². The summed E-state index contributed by atoms with van der Waals surface area (Å²) in [6.45, 7) is 9.58. The highest BCUT2D eigenvalue weighted by atomic mass is 16.5. The van der Waals surface area contributed by atoms with Crippen molar-refractivity contribution in [2.24, 2.45) is 5.92 Å². The van der Waals surface area contributed by atoms with Gasteiger partial charge in [-0.15, -0.1) is 0 Å². The maximum Gasteiger partial charge on any atom is 0.256 e. The first-order valence-electron chi connectivity index (χ1n) is 10.1. The van der Waals surface area contributed by atoms with Crippen molar-refractivity contribution in [3.05, 3.63) is 17.8 Å². The summed E-state index contributed by atoms with van der Waals surface area (Å²) in [5.41, 5.74) is 0.786. The molecule has 1 aromatic rings. The van der Waals surface area contributed by atoms with Gasteiger partial charge in [-0.05, 0) is 51.0 Å². The zero-order valence-corrected chi connectivity index (χ0v) is 16.8. The highest BCUT2D eigenvalue weighted by molar-refractivity contribution is 5.97. The van der Waals surface area contributed by atoms with Crippen LogP contribution >= 0.6 is 0 Å². The molecule has 0 aliphatic heterocycles. The number of nitrogens with zero attached hydrogens (tertiary/aromatic N) is 1. The first-order chi connectivity index (χ1) is 12.5. The van der Waals surface area contributed by atoms with Crippen molar-refractivity contribution < 1.29 is 14.3 Å². The average molecular weight is 363 g/mol. The predicted octanol–water partition coefficient (Wildman–Crippen LogP) is 4.88. The topological polar surface area (TPSA) is 60.5 Å². The number of carbonyl (C=O) groups is 1. The molecular formula is C21H34N2O3. The number of aromatic nitrogens is 1. The van der Waals surface area contributed by atoms with Crippen molar-refractivity contribution in [1.82, 2.24) is 4.98 Å². The minimum Gasteiger partial charge on any atom is -0.478 e. The second kappa shape index (κ2) is 9.91. The molecule has 1 heterocycles. The highest BCUT2D eigenvalue weighted by Gasteiger charge is 2.42. The Hall–Kier alpha value is -1.62. The van der Waals surface area contributed by atoms with Crippen LogP contribution in [0.15, 0.2) is 12.1 Å². The van der Waals surface area contributed by atoms with Gasteiger partial charge in [-0.2, -0.15) is 0 Å². The number of rotatable bonds is 9. The van der Waals surface area contributed by atoms with E-state index in [9.17, 15) is 4.79 Å². The van der Waals surface area contributed by atoms with Crippen molar-refractivity contribution in [3.63, 3.8) is 0 Å². The Morgan fingerprint density at radius 3 is 2.77 bits per heavy atom. The summed E-state index contributed by atoms with van der Waals surface area (Å²) in [5.74, 6) is 1.07. The SMILES string of the molecule is CCCCOc1ccc(NC(=O)[C@]2(OCCC)CCC[C@H](C)C2)c(C)n1. The number of carbonyl (C=O) groups excluding carboxylic acids is 1. The van der Waals surface area contributed by atoms with E-state index in [1.54, 1.807) is 0 Å². The third-order valence-corrected chi connectivity index (χ3v) is 5.01. The normalized spacial score (nSPS) is 22.8. The third kappa shape index (κ3) is 5.44.